The van der Waals surface area contributed by atoms with E-state index in [1.165, 1.54) is 21.6 Å². The number of hydrogen-bond acceptors (Lipinski definition) is 3. The Morgan fingerprint density at radius 2 is 1.60 bits per heavy atom. The zero-order valence-electron chi connectivity index (χ0n) is 20.9. The Morgan fingerprint density at radius 1 is 0.943 bits per heavy atom. The monoisotopic (exact) mass is 485 g/mol. The second-order valence-electron chi connectivity index (χ2n) is 10.3. The van der Waals surface area contributed by atoms with Crippen molar-refractivity contribution in [3.8, 4) is 5.75 Å². The summed E-state index contributed by atoms with van der Waals surface area (Å²) in [6, 6.07) is 25.8. The number of benzene rings is 3. The average molecular weight is 486 g/mol. The average Bonchev–Trinajstić information content (AvgIpc) is 3.13. The van der Waals surface area contributed by atoms with Crippen LogP contribution in [0.1, 0.15) is 72.5 Å². The zero-order chi connectivity index (χ0) is 24.4. The first-order valence-corrected chi connectivity index (χ1v) is 13.8. The number of para-hydroxylation sites is 1. The molecule has 0 spiro atoms. The number of piperidine rings is 1. The van der Waals surface area contributed by atoms with Crippen LogP contribution in [0.15, 0.2) is 77.7 Å². The van der Waals surface area contributed by atoms with Gasteiger partial charge in [0.05, 0.1) is 0 Å². The molecule has 5 rings (SSSR count). The minimum atomic E-state index is 0.177. The van der Waals surface area contributed by atoms with E-state index in [1.807, 2.05) is 23.9 Å². The molecule has 35 heavy (non-hydrogen) atoms. The fourth-order valence-corrected chi connectivity index (χ4v) is 6.35. The fraction of sp³-hybridized carbons (Fsp3) is 0.387. The third kappa shape index (κ3) is 5.43. The molecule has 2 unspecified atom stereocenters. The fourth-order valence-electron chi connectivity index (χ4n) is 5.49. The Bertz CT molecular complexity index is 1140. The molecule has 2 atom stereocenters. The van der Waals surface area contributed by atoms with Crippen LogP contribution in [0.3, 0.4) is 0 Å². The van der Waals surface area contributed by atoms with Gasteiger partial charge in [0.1, 0.15) is 11.9 Å². The molecule has 2 heterocycles. The third-order valence-corrected chi connectivity index (χ3v) is 8.47. The maximum Gasteiger partial charge on any atom is 0.254 e. The predicted octanol–water partition coefficient (Wildman–Crippen LogP) is 7.63. The van der Waals surface area contributed by atoms with E-state index in [4.69, 9.17) is 4.74 Å². The Kier molecular flexibility index (Phi) is 7.19. The molecule has 182 valence electrons. The first kappa shape index (κ1) is 24.0. The van der Waals surface area contributed by atoms with Gasteiger partial charge < -0.3 is 9.64 Å². The van der Waals surface area contributed by atoms with Crippen LogP contribution >= 0.6 is 11.8 Å². The van der Waals surface area contributed by atoms with Crippen LogP contribution < -0.4 is 4.74 Å². The number of amides is 1. The van der Waals surface area contributed by atoms with Crippen LogP contribution in [-0.4, -0.2) is 29.0 Å². The Labute approximate surface area is 213 Å². The molecule has 1 amide bonds. The highest BCUT2D eigenvalue weighted by atomic mass is 32.2. The summed E-state index contributed by atoms with van der Waals surface area (Å²) in [5, 5.41) is 0. The van der Waals surface area contributed by atoms with Crippen molar-refractivity contribution in [2.45, 2.75) is 81.2 Å². The SMILES string of the molecule is Cc1ccc(SCc2ccc(C(=O)N3C4CCC3CC(Oc3ccccc3C(C)C)C4)cc2)cc1. The van der Waals surface area contributed by atoms with Gasteiger partial charge in [-0.1, -0.05) is 61.9 Å². The van der Waals surface area contributed by atoms with Gasteiger partial charge in [-0.2, -0.15) is 0 Å². The van der Waals surface area contributed by atoms with Crippen LogP contribution in [-0.2, 0) is 5.75 Å². The van der Waals surface area contributed by atoms with E-state index < -0.39 is 0 Å². The molecule has 2 aliphatic heterocycles. The standard InChI is InChI=1S/C31H35NO2S/c1-21(2)29-6-4-5-7-30(29)34-27-18-25-14-15-26(19-27)32(25)31(33)24-12-10-23(11-13-24)20-35-28-16-8-22(3)9-17-28/h4-13,16-17,21,25-27H,14-15,18-20H2,1-3H3. The quantitative estimate of drug-likeness (QED) is 0.322. The van der Waals surface area contributed by atoms with Crippen molar-refractivity contribution < 1.29 is 9.53 Å². The van der Waals surface area contributed by atoms with Crippen LogP contribution in [0.2, 0.25) is 0 Å². The molecule has 0 radical (unpaired) electrons. The summed E-state index contributed by atoms with van der Waals surface area (Å²) in [4.78, 5) is 16.9. The lowest BCUT2D eigenvalue weighted by Crippen LogP contribution is -2.49. The molecule has 3 aromatic carbocycles. The summed E-state index contributed by atoms with van der Waals surface area (Å²) >= 11 is 1.83. The van der Waals surface area contributed by atoms with Gasteiger partial charge in [-0.25, -0.2) is 0 Å². The Balaban J connectivity index is 1.20. The summed E-state index contributed by atoms with van der Waals surface area (Å²) in [7, 11) is 0. The van der Waals surface area contributed by atoms with Gasteiger partial charge in [0.15, 0.2) is 0 Å². The molecule has 0 aromatic heterocycles. The number of thioether (sulfide) groups is 1. The summed E-state index contributed by atoms with van der Waals surface area (Å²) in [6.07, 6.45) is 4.17. The predicted molar refractivity (Wildman–Crippen MR) is 144 cm³/mol. The van der Waals surface area contributed by atoms with E-state index in [2.05, 4.69) is 86.3 Å². The number of aryl methyl sites for hydroxylation is 1. The Hall–Kier alpha value is -2.72. The molecule has 3 aromatic rings. The van der Waals surface area contributed by atoms with Crippen LogP contribution in [0, 0.1) is 6.92 Å². The maximum absolute atomic E-state index is 13.5. The largest absolute Gasteiger partial charge is 0.490 e. The zero-order valence-corrected chi connectivity index (χ0v) is 21.8. The number of carbonyl (C=O) groups excluding carboxylic acids is 1. The minimum Gasteiger partial charge on any atom is -0.490 e. The van der Waals surface area contributed by atoms with E-state index in [1.54, 1.807) is 0 Å². The highest BCUT2D eigenvalue weighted by molar-refractivity contribution is 7.98. The van der Waals surface area contributed by atoms with Crippen molar-refractivity contribution in [2.75, 3.05) is 0 Å². The van der Waals surface area contributed by atoms with Crippen LogP contribution in [0.25, 0.3) is 0 Å². The van der Waals surface area contributed by atoms with Crippen molar-refractivity contribution >= 4 is 17.7 Å². The highest BCUT2D eigenvalue weighted by Crippen LogP contribution is 2.39. The number of fused-ring (bicyclic) bond motifs is 2. The number of carbonyl (C=O) groups is 1. The number of rotatable bonds is 7. The van der Waals surface area contributed by atoms with E-state index >= 15 is 0 Å². The molecular weight excluding hydrogens is 450 g/mol. The van der Waals surface area contributed by atoms with Crippen molar-refractivity contribution in [1.82, 2.24) is 4.90 Å². The Morgan fingerprint density at radius 3 is 2.26 bits per heavy atom. The van der Waals surface area contributed by atoms with E-state index in [0.717, 1.165) is 42.7 Å². The highest BCUT2D eigenvalue weighted by Gasteiger charge is 2.44. The third-order valence-electron chi connectivity index (χ3n) is 7.39. The normalized spacial score (nSPS) is 21.4. The van der Waals surface area contributed by atoms with Gasteiger partial charge in [0.2, 0.25) is 0 Å². The lowest BCUT2D eigenvalue weighted by atomic mass is 9.97. The lowest BCUT2D eigenvalue weighted by Gasteiger charge is -2.39. The van der Waals surface area contributed by atoms with Gasteiger partial charge in [-0.15, -0.1) is 11.8 Å². The van der Waals surface area contributed by atoms with Crippen molar-refractivity contribution in [3.63, 3.8) is 0 Å². The molecule has 2 bridgehead atoms. The second kappa shape index (κ2) is 10.5. The minimum absolute atomic E-state index is 0.177. The molecule has 0 aliphatic carbocycles. The number of nitrogens with zero attached hydrogens (tertiary/aromatic N) is 1. The second-order valence-corrected chi connectivity index (χ2v) is 11.3. The topological polar surface area (TPSA) is 29.5 Å². The van der Waals surface area contributed by atoms with Gasteiger partial charge in [-0.3, -0.25) is 4.79 Å². The first-order chi connectivity index (χ1) is 17.0. The molecule has 0 N–H and O–H groups in total. The van der Waals surface area contributed by atoms with Gasteiger partial charge in [0.25, 0.3) is 5.91 Å². The number of hydrogen-bond donors (Lipinski definition) is 0. The first-order valence-electron chi connectivity index (χ1n) is 12.8. The van der Waals surface area contributed by atoms with Crippen molar-refractivity contribution in [1.29, 1.82) is 0 Å². The molecule has 2 fully saturated rings. The van der Waals surface area contributed by atoms with Crippen LogP contribution in [0.5, 0.6) is 5.75 Å². The smallest absolute Gasteiger partial charge is 0.254 e. The summed E-state index contributed by atoms with van der Waals surface area (Å²) in [5.41, 5.74) is 4.59. The van der Waals surface area contributed by atoms with Gasteiger partial charge >= 0.3 is 0 Å². The van der Waals surface area contributed by atoms with Gasteiger partial charge in [0, 0.05) is 41.1 Å². The van der Waals surface area contributed by atoms with Crippen molar-refractivity contribution in [3.05, 3.63) is 95.1 Å². The van der Waals surface area contributed by atoms with Crippen LogP contribution in [0.4, 0.5) is 0 Å². The van der Waals surface area contributed by atoms with Gasteiger partial charge in [-0.05, 0) is 67.1 Å². The van der Waals surface area contributed by atoms with Crippen molar-refractivity contribution in [2.24, 2.45) is 0 Å². The van der Waals surface area contributed by atoms with E-state index in [9.17, 15) is 4.79 Å². The molecule has 0 saturated carbocycles. The molecule has 2 saturated heterocycles. The molecule has 2 aliphatic rings. The summed E-state index contributed by atoms with van der Waals surface area (Å²) in [5.74, 6) is 2.52. The summed E-state index contributed by atoms with van der Waals surface area (Å²) in [6.45, 7) is 6.52. The molecule has 4 heteroatoms. The van der Waals surface area contributed by atoms with E-state index in [-0.39, 0.29) is 24.1 Å². The molecular formula is C31H35NO2S. The van der Waals surface area contributed by atoms with E-state index in [0.29, 0.717) is 5.92 Å². The lowest BCUT2D eigenvalue weighted by molar-refractivity contribution is 0.0356. The summed E-state index contributed by atoms with van der Waals surface area (Å²) < 4.78 is 6.51. The molecule has 3 nitrogen and oxygen atoms in total. The maximum atomic E-state index is 13.5. The number of ether oxygens (including phenoxy) is 1.